The molecule has 0 aliphatic heterocycles. The molecule has 0 saturated heterocycles. The van der Waals surface area contributed by atoms with Gasteiger partial charge in [0.25, 0.3) is 0 Å². The monoisotopic (exact) mass is 384 g/mol. The van der Waals surface area contributed by atoms with Gasteiger partial charge in [-0.3, -0.25) is 9.69 Å². The summed E-state index contributed by atoms with van der Waals surface area (Å²) in [6, 6.07) is 5.79. The molecule has 3 aromatic rings. The lowest BCUT2D eigenvalue weighted by Crippen LogP contribution is -2.39. The van der Waals surface area contributed by atoms with Crippen LogP contribution >= 0.6 is 11.3 Å². The molecular weight excluding hydrogens is 364 g/mol. The molecule has 1 aliphatic carbocycles. The average Bonchev–Trinajstić information content (AvgIpc) is 3.10. The average molecular weight is 384 g/mol. The zero-order valence-electron chi connectivity index (χ0n) is 15.4. The largest absolute Gasteiger partial charge is 0.443 e. The molecule has 140 valence electrons. The first-order valence-electron chi connectivity index (χ1n) is 8.77. The lowest BCUT2D eigenvalue weighted by molar-refractivity contribution is 0.0576. The number of amides is 1. The van der Waals surface area contributed by atoms with E-state index in [0.29, 0.717) is 22.7 Å². The molecule has 8 heteroatoms. The van der Waals surface area contributed by atoms with Gasteiger partial charge in [0.2, 0.25) is 0 Å². The van der Waals surface area contributed by atoms with Crippen molar-refractivity contribution < 1.29 is 14.3 Å². The van der Waals surface area contributed by atoms with Crippen molar-refractivity contribution in [2.45, 2.75) is 45.3 Å². The molecule has 3 aromatic heterocycles. The predicted molar refractivity (Wildman–Crippen MR) is 103 cm³/mol. The van der Waals surface area contributed by atoms with Gasteiger partial charge < -0.3 is 4.74 Å². The Hall–Kier alpha value is -2.74. The molecule has 0 bridgehead atoms. The predicted octanol–water partition coefficient (Wildman–Crippen LogP) is 4.17. The Labute approximate surface area is 160 Å². The number of fused-ring (bicyclic) bond motifs is 1. The maximum atomic E-state index is 12.9. The number of nitrogens with zero attached hydrogens (tertiary/aromatic N) is 4. The van der Waals surface area contributed by atoms with E-state index in [1.54, 1.807) is 20.8 Å². The molecule has 1 aliphatic rings. The maximum Gasteiger partial charge on any atom is 0.416 e. The Bertz CT molecular complexity index is 1000. The minimum absolute atomic E-state index is 0.0607. The van der Waals surface area contributed by atoms with Gasteiger partial charge in [0.05, 0.1) is 22.3 Å². The smallest absolute Gasteiger partial charge is 0.416 e. The number of ether oxygens (including phenoxy) is 1. The van der Waals surface area contributed by atoms with Crippen molar-refractivity contribution in [1.82, 2.24) is 14.6 Å². The number of carbonyl (C=O) groups excluding carboxylic acids is 2. The molecule has 27 heavy (non-hydrogen) atoms. The summed E-state index contributed by atoms with van der Waals surface area (Å²) in [7, 11) is 0. The van der Waals surface area contributed by atoms with Gasteiger partial charge in [0.15, 0.2) is 11.9 Å². The Balaban J connectivity index is 1.89. The number of aldehydes is 1. The summed E-state index contributed by atoms with van der Waals surface area (Å²) in [4.78, 5) is 31.6. The molecule has 0 unspecified atom stereocenters. The lowest BCUT2D eigenvalue weighted by Gasteiger charge is -2.27. The van der Waals surface area contributed by atoms with Crippen LogP contribution in [-0.4, -0.2) is 38.6 Å². The zero-order valence-corrected chi connectivity index (χ0v) is 16.2. The first-order chi connectivity index (χ1) is 12.9. The van der Waals surface area contributed by atoms with Crippen molar-refractivity contribution in [3.05, 3.63) is 35.3 Å². The van der Waals surface area contributed by atoms with Crippen LogP contribution in [0, 0.1) is 0 Å². The van der Waals surface area contributed by atoms with Crippen LogP contribution in [0.2, 0.25) is 0 Å². The third kappa shape index (κ3) is 3.44. The highest BCUT2D eigenvalue weighted by Gasteiger charge is 2.38. The summed E-state index contributed by atoms with van der Waals surface area (Å²) in [5.41, 5.74) is 0.908. The third-order valence-electron chi connectivity index (χ3n) is 4.13. The highest BCUT2D eigenvalue weighted by Crippen LogP contribution is 2.36. The van der Waals surface area contributed by atoms with E-state index in [0.717, 1.165) is 24.0 Å². The number of anilines is 1. The van der Waals surface area contributed by atoms with Crippen LogP contribution in [0.3, 0.4) is 0 Å². The second kappa shape index (κ2) is 6.45. The van der Waals surface area contributed by atoms with Gasteiger partial charge in [-0.15, -0.1) is 11.3 Å². The van der Waals surface area contributed by atoms with Crippen LogP contribution in [0.5, 0.6) is 0 Å². The van der Waals surface area contributed by atoms with E-state index >= 15 is 0 Å². The molecule has 0 radical (unpaired) electrons. The Kier molecular flexibility index (Phi) is 4.22. The molecule has 1 fully saturated rings. The van der Waals surface area contributed by atoms with E-state index in [-0.39, 0.29) is 6.04 Å². The van der Waals surface area contributed by atoms with Crippen LogP contribution in [0.25, 0.3) is 16.2 Å². The van der Waals surface area contributed by atoms with Gasteiger partial charge in [0.1, 0.15) is 11.4 Å². The number of hydrogen-bond acceptors (Lipinski definition) is 6. The minimum atomic E-state index is -0.606. The van der Waals surface area contributed by atoms with Crippen molar-refractivity contribution >= 4 is 35.2 Å². The van der Waals surface area contributed by atoms with Crippen LogP contribution in [0.4, 0.5) is 10.6 Å². The van der Waals surface area contributed by atoms with Crippen LogP contribution < -0.4 is 4.90 Å². The normalized spacial score (nSPS) is 14.3. The Morgan fingerprint density at radius 2 is 2.19 bits per heavy atom. The van der Waals surface area contributed by atoms with Crippen LogP contribution in [-0.2, 0) is 4.74 Å². The highest BCUT2D eigenvalue weighted by atomic mass is 32.1. The standard InChI is InChI=1S/C19H20N4O3S/c1-19(2,3)26-18(25)22(13-6-7-13)16-9-14(15-5-4-8-27-15)21-17-12(11-24)10-20-23(16)17/h4-5,8-11,13H,6-7H2,1-3H3. The summed E-state index contributed by atoms with van der Waals surface area (Å²) in [5, 5.41) is 6.26. The van der Waals surface area contributed by atoms with Gasteiger partial charge in [-0.25, -0.2) is 9.78 Å². The SMILES string of the molecule is CC(C)(C)OC(=O)N(c1cc(-c2cccs2)nc2c(C=O)cnn12)C1CC1. The summed E-state index contributed by atoms with van der Waals surface area (Å²) in [6.45, 7) is 5.52. The fourth-order valence-electron chi connectivity index (χ4n) is 2.84. The number of rotatable bonds is 4. The summed E-state index contributed by atoms with van der Waals surface area (Å²) in [6.07, 6.45) is 3.58. The van der Waals surface area contributed by atoms with E-state index in [9.17, 15) is 9.59 Å². The fraction of sp³-hybridized carbons (Fsp3) is 0.368. The van der Waals surface area contributed by atoms with Gasteiger partial charge in [0, 0.05) is 12.1 Å². The lowest BCUT2D eigenvalue weighted by atomic mass is 10.2. The zero-order chi connectivity index (χ0) is 19.2. The molecule has 0 spiro atoms. The quantitative estimate of drug-likeness (QED) is 0.631. The first-order valence-corrected chi connectivity index (χ1v) is 9.65. The first kappa shape index (κ1) is 17.7. The maximum absolute atomic E-state index is 12.9. The van der Waals surface area contributed by atoms with E-state index in [2.05, 4.69) is 10.1 Å². The number of carbonyl (C=O) groups is 2. The molecule has 4 rings (SSSR count). The molecule has 7 nitrogen and oxygen atoms in total. The topological polar surface area (TPSA) is 76.8 Å². The molecule has 0 atom stereocenters. The van der Waals surface area contributed by atoms with E-state index < -0.39 is 11.7 Å². The fourth-order valence-corrected chi connectivity index (χ4v) is 3.53. The summed E-state index contributed by atoms with van der Waals surface area (Å²) >= 11 is 1.55. The number of hydrogen-bond donors (Lipinski definition) is 0. The van der Waals surface area contributed by atoms with Crippen LogP contribution in [0.15, 0.2) is 29.8 Å². The molecule has 0 N–H and O–H groups in total. The van der Waals surface area contributed by atoms with Gasteiger partial charge in [-0.1, -0.05) is 6.07 Å². The minimum Gasteiger partial charge on any atom is -0.443 e. The Morgan fingerprint density at radius 1 is 1.41 bits per heavy atom. The van der Waals surface area contributed by atoms with Crippen molar-refractivity contribution in [1.29, 1.82) is 0 Å². The number of thiophene rings is 1. The van der Waals surface area contributed by atoms with Crippen molar-refractivity contribution in [3.63, 3.8) is 0 Å². The van der Waals surface area contributed by atoms with Gasteiger partial charge >= 0.3 is 6.09 Å². The van der Waals surface area contributed by atoms with Crippen molar-refractivity contribution in [2.75, 3.05) is 4.90 Å². The van der Waals surface area contributed by atoms with Gasteiger partial charge in [-0.05, 0) is 45.1 Å². The van der Waals surface area contributed by atoms with Crippen LogP contribution in [0.1, 0.15) is 44.0 Å². The highest BCUT2D eigenvalue weighted by molar-refractivity contribution is 7.13. The molecule has 0 aromatic carbocycles. The second-order valence-electron chi connectivity index (χ2n) is 7.51. The van der Waals surface area contributed by atoms with Gasteiger partial charge in [-0.2, -0.15) is 9.61 Å². The summed E-state index contributed by atoms with van der Waals surface area (Å²) in [5.74, 6) is 0.563. The Morgan fingerprint density at radius 3 is 2.78 bits per heavy atom. The molecule has 3 heterocycles. The molecular formula is C19H20N4O3S. The summed E-state index contributed by atoms with van der Waals surface area (Å²) < 4.78 is 7.17. The van der Waals surface area contributed by atoms with Crippen molar-refractivity contribution in [3.8, 4) is 10.6 Å². The van der Waals surface area contributed by atoms with Crippen molar-refractivity contribution in [2.24, 2.45) is 0 Å². The third-order valence-corrected chi connectivity index (χ3v) is 5.02. The van der Waals surface area contributed by atoms with E-state index in [1.165, 1.54) is 6.20 Å². The second-order valence-corrected chi connectivity index (χ2v) is 8.46. The van der Waals surface area contributed by atoms with E-state index in [4.69, 9.17) is 4.74 Å². The molecule has 1 saturated carbocycles. The number of aromatic nitrogens is 3. The van der Waals surface area contributed by atoms with E-state index in [1.807, 2.05) is 44.4 Å². The molecule has 1 amide bonds.